The summed E-state index contributed by atoms with van der Waals surface area (Å²) in [7, 11) is 0. The predicted octanol–water partition coefficient (Wildman–Crippen LogP) is 4.66. The Morgan fingerprint density at radius 1 is 0.900 bits per heavy atom. The zero-order chi connectivity index (χ0) is 14.4. The Kier molecular flexibility index (Phi) is 5.01. The summed E-state index contributed by atoms with van der Waals surface area (Å²) in [6.07, 6.45) is -3.99. The lowest BCUT2D eigenvalue weighted by atomic mass is 10.0. The number of benzene rings is 2. The molecular weight excluding hydrogens is 263 g/mol. The molecule has 2 aromatic rings. The zero-order valence-electron chi connectivity index (χ0n) is 11.2. The van der Waals surface area contributed by atoms with Crippen LogP contribution in [0.3, 0.4) is 0 Å². The van der Waals surface area contributed by atoms with Crippen LogP contribution in [0.4, 0.5) is 13.2 Å². The van der Waals surface area contributed by atoms with Crippen LogP contribution < -0.4 is 5.32 Å². The van der Waals surface area contributed by atoms with Crippen LogP contribution in [-0.4, -0.2) is 12.7 Å². The van der Waals surface area contributed by atoms with Crippen molar-refractivity contribution >= 4 is 10.8 Å². The molecule has 0 saturated carbocycles. The van der Waals surface area contributed by atoms with E-state index < -0.39 is 12.6 Å². The van der Waals surface area contributed by atoms with Crippen molar-refractivity contribution in [2.75, 3.05) is 6.54 Å². The van der Waals surface area contributed by atoms with E-state index in [9.17, 15) is 13.2 Å². The molecule has 2 rings (SSSR count). The molecular formula is C16H18F3N. The molecule has 108 valence electrons. The van der Waals surface area contributed by atoms with E-state index in [0.29, 0.717) is 19.5 Å². The van der Waals surface area contributed by atoms with Gasteiger partial charge in [-0.25, -0.2) is 0 Å². The third-order valence-corrected chi connectivity index (χ3v) is 3.26. The molecule has 0 heterocycles. The van der Waals surface area contributed by atoms with Crippen LogP contribution in [0.5, 0.6) is 0 Å². The van der Waals surface area contributed by atoms with Gasteiger partial charge in [0.05, 0.1) is 0 Å². The van der Waals surface area contributed by atoms with Crippen molar-refractivity contribution in [2.24, 2.45) is 0 Å². The van der Waals surface area contributed by atoms with Gasteiger partial charge in [-0.3, -0.25) is 0 Å². The summed E-state index contributed by atoms with van der Waals surface area (Å²) >= 11 is 0. The molecule has 1 N–H and O–H groups in total. The first-order chi connectivity index (χ1) is 9.56. The van der Waals surface area contributed by atoms with Gasteiger partial charge in [-0.2, -0.15) is 13.2 Å². The van der Waals surface area contributed by atoms with Crippen LogP contribution in [0.2, 0.25) is 0 Å². The Labute approximate surface area is 116 Å². The van der Waals surface area contributed by atoms with Crippen molar-refractivity contribution in [3.05, 3.63) is 48.0 Å². The van der Waals surface area contributed by atoms with Crippen molar-refractivity contribution in [3.63, 3.8) is 0 Å². The van der Waals surface area contributed by atoms with E-state index in [1.807, 2.05) is 24.3 Å². The van der Waals surface area contributed by atoms with E-state index in [2.05, 4.69) is 23.5 Å². The number of hydrogen-bond donors (Lipinski definition) is 1. The van der Waals surface area contributed by atoms with Crippen LogP contribution in [0, 0.1) is 0 Å². The lowest BCUT2D eigenvalue weighted by Gasteiger charge is -2.09. The molecule has 0 unspecified atom stereocenters. The third-order valence-electron chi connectivity index (χ3n) is 3.26. The predicted molar refractivity (Wildman–Crippen MR) is 75.6 cm³/mol. The van der Waals surface area contributed by atoms with Crippen LogP contribution >= 0.6 is 0 Å². The molecule has 0 aromatic heterocycles. The fourth-order valence-corrected chi connectivity index (χ4v) is 2.25. The third kappa shape index (κ3) is 4.53. The highest BCUT2D eigenvalue weighted by atomic mass is 19.4. The molecule has 20 heavy (non-hydrogen) atoms. The van der Waals surface area contributed by atoms with Gasteiger partial charge in [-0.1, -0.05) is 42.5 Å². The molecule has 1 nitrogen and oxygen atoms in total. The van der Waals surface area contributed by atoms with Crippen molar-refractivity contribution in [1.82, 2.24) is 5.32 Å². The van der Waals surface area contributed by atoms with Crippen molar-refractivity contribution < 1.29 is 13.2 Å². The summed E-state index contributed by atoms with van der Waals surface area (Å²) in [4.78, 5) is 0. The van der Waals surface area contributed by atoms with E-state index in [1.54, 1.807) is 0 Å². The van der Waals surface area contributed by atoms with Gasteiger partial charge in [0.15, 0.2) is 0 Å². The lowest BCUT2D eigenvalue weighted by Crippen LogP contribution is -2.16. The molecule has 0 aliphatic rings. The first-order valence-corrected chi connectivity index (χ1v) is 6.80. The Morgan fingerprint density at radius 3 is 2.45 bits per heavy atom. The van der Waals surface area contributed by atoms with E-state index in [4.69, 9.17) is 0 Å². The van der Waals surface area contributed by atoms with Crippen LogP contribution in [0.1, 0.15) is 24.8 Å². The lowest BCUT2D eigenvalue weighted by molar-refractivity contribution is -0.135. The standard InChI is InChI=1S/C16H18F3N/c17-16(18,19)10-3-4-11-20-12-14-8-5-7-13-6-1-2-9-15(13)14/h1-2,5-9,20H,3-4,10-12H2. The smallest absolute Gasteiger partial charge is 0.313 e. The average molecular weight is 281 g/mol. The minimum atomic E-state index is -4.03. The second-order valence-electron chi connectivity index (χ2n) is 4.89. The summed E-state index contributed by atoms with van der Waals surface area (Å²) in [5, 5.41) is 5.59. The van der Waals surface area contributed by atoms with E-state index in [0.717, 1.165) is 0 Å². The molecule has 2 aromatic carbocycles. The maximum absolute atomic E-state index is 12.0. The Balaban J connectivity index is 1.79. The van der Waals surface area contributed by atoms with Gasteiger partial charge in [0.1, 0.15) is 0 Å². The second-order valence-corrected chi connectivity index (χ2v) is 4.89. The summed E-state index contributed by atoms with van der Waals surface area (Å²) < 4.78 is 36.0. The maximum Gasteiger partial charge on any atom is 0.389 e. The minimum Gasteiger partial charge on any atom is -0.313 e. The van der Waals surface area contributed by atoms with Gasteiger partial charge in [0, 0.05) is 13.0 Å². The molecule has 0 bridgehead atoms. The van der Waals surface area contributed by atoms with Gasteiger partial charge < -0.3 is 5.32 Å². The van der Waals surface area contributed by atoms with Gasteiger partial charge in [0.2, 0.25) is 0 Å². The first-order valence-electron chi connectivity index (χ1n) is 6.80. The fourth-order valence-electron chi connectivity index (χ4n) is 2.25. The monoisotopic (exact) mass is 281 g/mol. The quantitative estimate of drug-likeness (QED) is 0.759. The highest BCUT2D eigenvalue weighted by Crippen LogP contribution is 2.22. The number of halogens is 3. The SMILES string of the molecule is FC(F)(F)CCCCNCc1cccc2ccccc12. The van der Waals surface area contributed by atoms with Crippen molar-refractivity contribution in [3.8, 4) is 0 Å². The summed E-state index contributed by atoms with van der Waals surface area (Å²) in [5.41, 5.74) is 1.18. The molecule has 0 aliphatic carbocycles. The summed E-state index contributed by atoms with van der Waals surface area (Å²) in [5.74, 6) is 0. The summed E-state index contributed by atoms with van der Waals surface area (Å²) in [6, 6.07) is 14.2. The molecule has 0 spiro atoms. The van der Waals surface area contributed by atoms with Crippen LogP contribution in [0.25, 0.3) is 10.8 Å². The molecule has 0 radical (unpaired) electrons. The van der Waals surface area contributed by atoms with Gasteiger partial charge in [-0.05, 0) is 35.7 Å². The van der Waals surface area contributed by atoms with E-state index in [1.165, 1.54) is 16.3 Å². The molecule has 0 fully saturated rings. The minimum absolute atomic E-state index is 0.187. The van der Waals surface area contributed by atoms with Gasteiger partial charge in [-0.15, -0.1) is 0 Å². The Hall–Kier alpha value is -1.55. The number of nitrogens with one attached hydrogen (secondary N) is 1. The van der Waals surface area contributed by atoms with Crippen molar-refractivity contribution in [1.29, 1.82) is 0 Å². The molecule has 0 aliphatic heterocycles. The zero-order valence-corrected chi connectivity index (χ0v) is 11.2. The van der Waals surface area contributed by atoms with Gasteiger partial charge >= 0.3 is 6.18 Å². The van der Waals surface area contributed by atoms with E-state index >= 15 is 0 Å². The number of alkyl halides is 3. The van der Waals surface area contributed by atoms with Crippen LogP contribution in [0.15, 0.2) is 42.5 Å². The normalized spacial score (nSPS) is 11.9. The van der Waals surface area contributed by atoms with E-state index in [-0.39, 0.29) is 6.42 Å². The average Bonchev–Trinajstić information content (AvgIpc) is 2.41. The number of fused-ring (bicyclic) bond motifs is 1. The first kappa shape index (κ1) is 14.9. The fraction of sp³-hybridized carbons (Fsp3) is 0.375. The van der Waals surface area contributed by atoms with Crippen molar-refractivity contribution in [2.45, 2.75) is 32.0 Å². The number of unbranched alkanes of at least 4 members (excludes halogenated alkanes) is 1. The molecule has 4 heteroatoms. The Bertz CT molecular complexity index is 543. The molecule has 0 saturated heterocycles. The van der Waals surface area contributed by atoms with Crippen LogP contribution in [-0.2, 0) is 6.54 Å². The highest BCUT2D eigenvalue weighted by Gasteiger charge is 2.25. The van der Waals surface area contributed by atoms with Gasteiger partial charge in [0.25, 0.3) is 0 Å². The largest absolute Gasteiger partial charge is 0.389 e. The number of rotatable bonds is 6. The molecule has 0 atom stereocenters. The summed E-state index contributed by atoms with van der Waals surface area (Å²) in [6.45, 7) is 1.30. The second kappa shape index (κ2) is 6.75. The topological polar surface area (TPSA) is 12.0 Å². The number of hydrogen-bond acceptors (Lipinski definition) is 1. The Morgan fingerprint density at radius 2 is 1.65 bits per heavy atom. The molecule has 0 amide bonds. The maximum atomic E-state index is 12.0. The highest BCUT2D eigenvalue weighted by molar-refractivity contribution is 5.85.